The van der Waals surface area contributed by atoms with E-state index in [0.29, 0.717) is 0 Å². The zero-order chi connectivity index (χ0) is 20.0. The third-order valence-electron chi connectivity index (χ3n) is 3.23. The maximum Gasteiger partial charge on any atom is 0.341 e. The van der Waals surface area contributed by atoms with Crippen LogP contribution in [0.25, 0.3) is 6.08 Å². The second kappa shape index (κ2) is 8.93. The van der Waals surface area contributed by atoms with Gasteiger partial charge in [0, 0.05) is 6.07 Å². The normalized spacial score (nSPS) is 10.8. The molecule has 27 heavy (non-hydrogen) atoms. The summed E-state index contributed by atoms with van der Waals surface area (Å²) in [5, 5.41) is 24.5. The van der Waals surface area contributed by atoms with Crippen LogP contribution in [-0.2, 0) is 9.53 Å². The Morgan fingerprint density at radius 1 is 1.44 bits per heavy atom. The van der Waals surface area contributed by atoms with Gasteiger partial charge in [0.1, 0.15) is 21.7 Å². The van der Waals surface area contributed by atoms with Crippen molar-refractivity contribution in [3.05, 3.63) is 61.5 Å². The van der Waals surface area contributed by atoms with Crippen LogP contribution in [0.5, 0.6) is 0 Å². The minimum Gasteiger partial charge on any atom is -0.462 e. The highest BCUT2D eigenvalue weighted by molar-refractivity contribution is 7.14. The Morgan fingerprint density at radius 2 is 2.19 bits per heavy atom. The number of nitro groups is 1. The molecule has 0 unspecified atom stereocenters. The summed E-state index contributed by atoms with van der Waals surface area (Å²) >= 11 is 6.84. The maximum atomic E-state index is 12.4. The van der Waals surface area contributed by atoms with Crippen LogP contribution in [0.2, 0.25) is 5.02 Å². The van der Waals surface area contributed by atoms with E-state index < -0.39 is 16.8 Å². The van der Waals surface area contributed by atoms with Gasteiger partial charge in [-0.2, -0.15) is 5.26 Å². The Morgan fingerprint density at radius 3 is 2.81 bits per heavy atom. The van der Waals surface area contributed by atoms with E-state index in [-0.39, 0.29) is 39.0 Å². The van der Waals surface area contributed by atoms with E-state index in [1.165, 1.54) is 24.3 Å². The molecule has 1 amide bonds. The van der Waals surface area contributed by atoms with Gasteiger partial charge in [0.25, 0.3) is 11.6 Å². The van der Waals surface area contributed by atoms with E-state index in [1.807, 2.05) is 0 Å². The SMILES string of the molecule is CCOC(=O)c1ccsc1NC(=O)/C(C#N)=C/c1ccc(Cl)c([N+](=O)[O-])c1. The monoisotopic (exact) mass is 405 g/mol. The van der Waals surface area contributed by atoms with Gasteiger partial charge in [0.2, 0.25) is 0 Å². The number of nitro benzene ring substituents is 1. The first-order valence-electron chi connectivity index (χ1n) is 7.49. The average Bonchev–Trinajstić information content (AvgIpc) is 3.09. The number of benzene rings is 1. The minimum atomic E-state index is -0.761. The Hall–Kier alpha value is -3.22. The smallest absolute Gasteiger partial charge is 0.341 e. The number of halogens is 1. The topological polar surface area (TPSA) is 122 Å². The molecule has 0 atom stereocenters. The number of hydrogen-bond acceptors (Lipinski definition) is 7. The van der Waals surface area contributed by atoms with Gasteiger partial charge in [0.05, 0.1) is 17.1 Å². The predicted molar refractivity (Wildman–Crippen MR) is 101 cm³/mol. The highest BCUT2D eigenvalue weighted by atomic mass is 35.5. The summed E-state index contributed by atoms with van der Waals surface area (Å²) in [6.07, 6.45) is 1.19. The van der Waals surface area contributed by atoms with Gasteiger partial charge in [0.15, 0.2) is 0 Å². The number of anilines is 1. The fraction of sp³-hybridized carbons (Fsp3) is 0.118. The summed E-state index contributed by atoms with van der Waals surface area (Å²) < 4.78 is 4.90. The fourth-order valence-electron chi connectivity index (χ4n) is 2.02. The van der Waals surface area contributed by atoms with Gasteiger partial charge in [-0.15, -0.1) is 11.3 Å². The highest BCUT2D eigenvalue weighted by Gasteiger charge is 2.19. The van der Waals surface area contributed by atoms with Crippen LogP contribution >= 0.6 is 22.9 Å². The van der Waals surface area contributed by atoms with Crippen molar-refractivity contribution in [2.24, 2.45) is 0 Å². The van der Waals surface area contributed by atoms with E-state index in [2.05, 4.69) is 5.32 Å². The molecule has 1 aromatic carbocycles. The lowest BCUT2D eigenvalue weighted by Gasteiger charge is -2.05. The molecule has 0 aliphatic rings. The maximum absolute atomic E-state index is 12.4. The van der Waals surface area contributed by atoms with Crippen LogP contribution in [0.15, 0.2) is 35.2 Å². The van der Waals surface area contributed by atoms with Crippen LogP contribution in [-0.4, -0.2) is 23.4 Å². The Balaban J connectivity index is 2.28. The van der Waals surface area contributed by atoms with Gasteiger partial charge in [-0.3, -0.25) is 14.9 Å². The second-order valence-corrected chi connectivity index (χ2v) is 6.30. The second-order valence-electron chi connectivity index (χ2n) is 4.98. The molecule has 138 valence electrons. The first-order valence-corrected chi connectivity index (χ1v) is 8.74. The van der Waals surface area contributed by atoms with Gasteiger partial charge in [-0.05, 0) is 36.1 Å². The standard InChI is InChI=1S/C17H12ClN3O5S/c1-2-26-17(23)12-5-6-27-16(12)20-15(22)11(9-19)7-10-3-4-13(18)14(8-10)21(24)25/h3-8H,2H2,1H3,(H,20,22)/b11-7+. The van der Waals surface area contributed by atoms with Crippen molar-refractivity contribution in [1.29, 1.82) is 5.26 Å². The molecule has 0 spiro atoms. The van der Waals surface area contributed by atoms with Crippen molar-refractivity contribution in [2.75, 3.05) is 11.9 Å². The number of ether oxygens (including phenoxy) is 1. The molecule has 1 N–H and O–H groups in total. The van der Waals surface area contributed by atoms with Gasteiger partial charge in [-0.25, -0.2) is 4.79 Å². The Labute approximate surface area is 162 Å². The Kier molecular flexibility index (Phi) is 6.65. The lowest BCUT2D eigenvalue weighted by Crippen LogP contribution is -2.15. The number of nitrogens with zero attached hydrogens (tertiary/aromatic N) is 2. The van der Waals surface area contributed by atoms with Crippen LogP contribution in [0, 0.1) is 21.4 Å². The van der Waals surface area contributed by atoms with E-state index >= 15 is 0 Å². The number of thiophene rings is 1. The molecule has 2 aromatic rings. The molecule has 0 fully saturated rings. The first kappa shape index (κ1) is 20.1. The number of carbonyl (C=O) groups is 2. The molecule has 0 aliphatic heterocycles. The lowest BCUT2D eigenvalue weighted by atomic mass is 10.1. The molecule has 0 aliphatic carbocycles. The molecule has 8 nitrogen and oxygen atoms in total. The summed E-state index contributed by atoms with van der Waals surface area (Å²) in [4.78, 5) is 34.5. The summed E-state index contributed by atoms with van der Waals surface area (Å²) in [5.74, 6) is -1.35. The molecule has 0 saturated carbocycles. The quantitative estimate of drug-likeness (QED) is 0.254. The van der Waals surface area contributed by atoms with Crippen molar-refractivity contribution in [3.8, 4) is 6.07 Å². The number of nitriles is 1. The molecule has 10 heteroatoms. The highest BCUT2D eigenvalue weighted by Crippen LogP contribution is 2.27. The molecule has 1 aromatic heterocycles. The van der Waals surface area contributed by atoms with Gasteiger partial charge in [-0.1, -0.05) is 17.7 Å². The summed E-state index contributed by atoms with van der Waals surface area (Å²) in [7, 11) is 0. The van der Waals surface area contributed by atoms with Crippen LogP contribution < -0.4 is 5.32 Å². The summed E-state index contributed by atoms with van der Waals surface area (Å²) in [5.41, 5.74) is -0.204. The van der Waals surface area contributed by atoms with Crippen molar-refractivity contribution >= 4 is 51.6 Å². The van der Waals surface area contributed by atoms with Crippen LogP contribution in [0.3, 0.4) is 0 Å². The first-order chi connectivity index (χ1) is 12.9. The zero-order valence-electron chi connectivity index (χ0n) is 13.9. The number of amides is 1. The molecular formula is C17H12ClN3O5S. The molecule has 0 radical (unpaired) electrons. The largest absolute Gasteiger partial charge is 0.462 e. The van der Waals surface area contributed by atoms with Crippen molar-refractivity contribution in [1.82, 2.24) is 0 Å². The lowest BCUT2D eigenvalue weighted by molar-refractivity contribution is -0.384. The van der Waals surface area contributed by atoms with Gasteiger partial charge < -0.3 is 10.1 Å². The fourth-order valence-corrected chi connectivity index (χ4v) is 2.98. The summed E-state index contributed by atoms with van der Waals surface area (Å²) in [6.45, 7) is 1.84. The average molecular weight is 406 g/mol. The van der Waals surface area contributed by atoms with Crippen molar-refractivity contribution < 1.29 is 19.2 Å². The van der Waals surface area contributed by atoms with E-state index in [9.17, 15) is 25.0 Å². The van der Waals surface area contributed by atoms with Crippen molar-refractivity contribution in [3.63, 3.8) is 0 Å². The van der Waals surface area contributed by atoms with Crippen LogP contribution in [0.4, 0.5) is 10.7 Å². The zero-order valence-corrected chi connectivity index (χ0v) is 15.5. The molecule has 0 saturated heterocycles. The number of hydrogen-bond donors (Lipinski definition) is 1. The number of rotatable bonds is 6. The van der Waals surface area contributed by atoms with E-state index in [4.69, 9.17) is 16.3 Å². The number of esters is 1. The molecule has 1 heterocycles. The Bertz CT molecular complexity index is 977. The third kappa shape index (κ3) is 4.91. The van der Waals surface area contributed by atoms with E-state index in [0.717, 1.165) is 17.4 Å². The molecular weight excluding hydrogens is 394 g/mol. The third-order valence-corrected chi connectivity index (χ3v) is 4.38. The van der Waals surface area contributed by atoms with Gasteiger partial charge >= 0.3 is 5.97 Å². The summed E-state index contributed by atoms with van der Waals surface area (Å²) in [6, 6.07) is 7.13. The van der Waals surface area contributed by atoms with Crippen LogP contribution in [0.1, 0.15) is 22.8 Å². The molecule has 0 bridgehead atoms. The number of nitrogens with one attached hydrogen (secondary N) is 1. The molecule has 2 rings (SSSR count). The predicted octanol–water partition coefficient (Wildman–Crippen LogP) is 4.03. The minimum absolute atomic E-state index is 0.0576. The van der Waals surface area contributed by atoms with E-state index in [1.54, 1.807) is 18.4 Å². The number of carbonyl (C=O) groups excluding carboxylic acids is 2. The van der Waals surface area contributed by atoms with Crippen molar-refractivity contribution in [2.45, 2.75) is 6.92 Å².